The van der Waals surface area contributed by atoms with Crippen molar-refractivity contribution >= 4 is 33.3 Å². The summed E-state index contributed by atoms with van der Waals surface area (Å²) in [7, 11) is 1.68. The molecule has 0 fully saturated rings. The van der Waals surface area contributed by atoms with Gasteiger partial charge in [0.05, 0.1) is 17.3 Å². The molecule has 1 aromatic heterocycles. The van der Waals surface area contributed by atoms with E-state index in [0.717, 1.165) is 26.9 Å². The summed E-state index contributed by atoms with van der Waals surface area (Å²) >= 11 is 3.49. The Morgan fingerprint density at radius 1 is 1.24 bits per heavy atom. The Morgan fingerprint density at radius 3 is 2.86 bits per heavy atom. The van der Waals surface area contributed by atoms with Gasteiger partial charge in [0.1, 0.15) is 5.75 Å². The van der Waals surface area contributed by atoms with Crippen LogP contribution in [0.5, 0.6) is 5.75 Å². The fourth-order valence-corrected chi connectivity index (χ4v) is 4.12. The zero-order valence-corrected chi connectivity index (χ0v) is 13.3. The molecule has 0 saturated carbocycles. The Hall–Kier alpha value is -1.56. The average Bonchev–Trinajstić information content (AvgIpc) is 2.95. The summed E-state index contributed by atoms with van der Waals surface area (Å²) in [6.07, 6.45) is 0. The summed E-state index contributed by atoms with van der Waals surface area (Å²) in [6.45, 7) is 0.495. The third-order valence-corrected chi connectivity index (χ3v) is 5.46. The van der Waals surface area contributed by atoms with Crippen LogP contribution in [0, 0.1) is 0 Å². The summed E-state index contributed by atoms with van der Waals surface area (Å²) < 4.78 is 7.70. The van der Waals surface area contributed by atoms with Crippen molar-refractivity contribution in [2.75, 3.05) is 7.11 Å². The Morgan fingerprint density at radius 2 is 2.10 bits per heavy atom. The number of nitrogens with two attached hydrogens (primary N) is 1. The number of methoxy groups -OCH3 is 1. The molecule has 0 amide bonds. The molecule has 0 radical (unpaired) electrons. The molecule has 5 heteroatoms. The first-order valence-electron chi connectivity index (χ1n) is 6.64. The molecule has 0 atom stereocenters. The number of ether oxygens (including phenoxy) is 1. The zero-order valence-electron chi connectivity index (χ0n) is 11.7. The summed E-state index contributed by atoms with van der Waals surface area (Å²) in [4.78, 5) is 4.63. The highest BCUT2D eigenvalue weighted by Gasteiger charge is 2.06. The quantitative estimate of drug-likeness (QED) is 0.721. The van der Waals surface area contributed by atoms with E-state index in [9.17, 15) is 0 Å². The van der Waals surface area contributed by atoms with Crippen LogP contribution in [-0.4, -0.2) is 12.1 Å². The van der Waals surface area contributed by atoms with Crippen LogP contribution in [0.15, 0.2) is 46.8 Å². The fourth-order valence-electron chi connectivity index (χ4n) is 2.11. The minimum Gasteiger partial charge on any atom is -0.496 e. The van der Waals surface area contributed by atoms with Crippen molar-refractivity contribution in [3.63, 3.8) is 0 Å². The Bertz CT molecular complexity index is 722. The van der Waals surface area contributed by atoms with Crippen molar-refractivity contribution in [2.24, 2.45) is 5.73 Å². The van der Waals surface area contributed by atoms with Gasteiger partial charge in [-0.15, -0.1) is 11.3 Å². The topological polar surface area (TPSA) is 48.1 Å². The van der Waals surface area contributed by atoms with E-state index in [1.165, 1.54) is 10.3 Å². The van der Waals surface area contributed by atoms with Gasteiger partial charge in [0, 0.05) is 17.9 Å². The monoisotopic (exact) mass is 316 g/mol. The molecule has 0 unspecified atom stereocenters. The maximum Gasteiger partial charge on any atom is 0.151 e. The molecule has 21 heavy (non-hydrogen) atoms. The zero-order chi connectivity index (χ0) is 14.7. The second kappa shape index (κ2) is 6.47. The predicted octanol–water partition coefficient (Wildman–Crippen LogP) is 4.06. The van der Waals surface area contributed by atoms with Crippen LogP contribution in [0.3, 0.4) is 0 Å². The summed E-state index contributed by atoms with van der Waals surface area (Å²) in [6, 6.07) is 14.4. The van der Waals surface area contributed by atoms with Crippen molar-refractivity contribution in [1.29, 1.82) is 0 Å². The third kappa shape index (κ3) is 3.20. The maximum absolute atomic E-state index is 5.69. The van der Waals surface area contributed by atoms with E-state index in [0.29, 0.717) is 6.54 Å². The standard InChI is InChI=1S/C16H16N2OS2/c1-19-14-8-11(6-7-12(14)9-17)10-20-16-18-13-4-2-3-5-15(13)21-16/h2-8H,9-10,17H2,1H3. The van der Waals surface area contributed by atoms with E-state index in [1.807, 2.05) is 18.2 Å². The van der Waals surface area contributed by atoms with E-state index >= 15 is 0 Å². The number of rotatable bonds is 5. The number of fused-ring (bicyclic) bond motifs is 1. The number of thiazole rings is 1. The molecule has 0 bridgehead atoms. The van der Waals surface area contributed by atoms with Gasteiger partial charge in [0.15, 0.2) is 4.34 Å². The van der Waals surface area contributed by atoms with Crippen molar-refractivity contribution < 1.29 is 4.74 Å². The molecule has 0 spiro atoms. The van der Waals surface area contributed by atoms with Crippen LogP contribution in [0.1, 0.15) is 11.1 Å². The lowest BCUT2D eigenvalue weighted by Crippen LogP contribution is -2.00. The van der Waals surface area contributed by atoms with Gasteiger partial charge < -0.3 is 10.5 Å². The third-order valence-electron chi connectivity index (χ3n) is 3.21. The van der Waals surface area contributed by atoms with Crippen LogP contribution in [0.25, 0.3) is 10.2 Å². The number of benzene rings is 2. The van der Waals surface area contributed by atoms with Crippen LogP contribution < -0.4 is 10.5 Å². The van der Waals surface area contributed by atoms with Gasteiger partial charge in [-0.25, -0.2) is 4.98 Å². The van der Waals surface area contributed by atoms with Crippen LogP contribution >= 0.6 is 23.1 Å². The highest BCUT2D eigenvalue weighted by Crippen LogP contribution is 2.32. The fraction of sp³-hybridized carbons (Fsp3) is 0.188. The van der Waals surface area contributed by atoms with Gasteiger partial charge in [-0.05, 0) is 23.8 Å². The lowest BCUT2D eigenvalue weighted by atomic mass is 10.1. The molecule has 0 aliphatic carbocycles. The first-order valence-corrected chi connectivity index (χ1v) is 8.44. The predicted molar refractivity (Wildman–Crippen MR) is 90.1 cm³/mol. The Kier molecular flexibility index (Phi) is 4.43. The molecule has 1 heterocycles. The first kappa shape index (κ1) is 14.4. The minimum absolute atomic E-state index is 0.495. The van der Waals surface area contributed by atoms with E-state index < -0.39 is 0 Å². The number of hydrogen-bond acceptors (Lipinski definition) is 5. The van der Waals surface area contributed by atoms with Crippen molar-refractivity contribution in [1.82, 2.24) is 4.98 Å². The molecule has 0 saturated heterocycles. The van der Waals surface area contributed by atoms with Gasteiger partial charge in [0.2, 0.25) is 0 Å². The maximum atomic E-state index is 5.69. The number of aromatic nitrogens is 1. The Labute approximate surface area is 132 Å². The van der Waals surface area contributed by atoms with Crippen LogP contribution in [0.4, 0.5) is 0 Å². The van der Waals surface area contributed by atoms with Crippen LogP contribution in [-0.2, 0) is 12.3 Å². The normalized spacial score (nSPS) is 11.0. The Balaban J connectivity index is 1.75. The number of thioether (sulfide) groups is 1. The van der Waals surface area contributed by atoms with Crippen molar-refractivity contribution in [3.05, 3.63) is 53.6 Å². The summed E-state index contributed by atoms with van der Waals surface area (Å²) in [5.41, 5.74) is 9.01. The summed E-state index contributed by atoms with van der Waals surface area (Å²) in [5.74, 6) is 1.74. The second-order valence-corrected chi connectivity index (χ2v) is 6.84. The number of para-hydroxylation sites is 1. The minimum atomic E-state index is 0.495. The highest BCUT2D eigenvalue weighted by atomic mass is 32.2. The number of nitrogens with zero attached hydrogens (tertiary/aromatic N) is 1. The molecule has 3 rings (SSSR count). The molecule has 3 nitrogen and oxygen atoms in total. The molecule has 2 aromatic carbocycles. The SMILES string of the molecule is COc1cc(CSc2nc3ccccc3s2)ccc1CN. The van der Waals surface area contributed by atoms with Crippen LogP contribution in [0.2, 0.25) is 0 Å². The van der Waals surface area contributed by atoms with Gasteiger partial charge >= 0.3 is 0 Å². The number of hydrogen-bond donors (Lipinski definition) is 1. The molecule has 2 N–H and O–H groups in total. The smallest absolute Gasteiger partial charge is 0.151 e. The van der Waals surface area contributed by atoms with Crippen molar-refractivity contribution in [3.8, 4) is 5.75 Å². The molecule has 108 valence electrons. The molecule has 0 aliphatic heterocycles. The van der Waals surface area contributed by atoms with E-state index in [-0.39, 0.29) is 0 Å². The molecule has 3 aromatic rings. The average molecular weight is 316 g/mol. The summed E-state index contributed by atoms with van der Waals surface area (Å²) in [5, 5.41) is 0. The van der Waals surface area contributed by atoms with Crippen molar-refractivity contribution in [2.45, 2.75) is 16.6 Å². The van der Waals surface area contributed by atoms with E-state index in [1.54, 1.807) is 30.2 Å². The van der Waals surface area contributed by atoms with Gasteiger partial charge in [0.25, 0.3) is 0 Å². The molecular formula is C16H16N2OS2. The van der Waals surface area contributed by atoms with E-state index in [2.05, 4.69) is 29.2 Å². The first-order chi connectivity index (χ1) is 10.3. The lowest BCUT2D eigenvalue weighted by Gasteiger charge is -2.08. The van der Waals surface area contributed by atoms with Gasteiger partial charge in [-0.2, -0.15) is 0 Å². The van der Waals surface area contributed by atoms with Gasteiger partial charge in [-0.3, -0.25) is 0 Å². The lowest BCUT2D eigenvalue weighted by molar-refractivity contribution is 0.409. The highest BCUT2D eigenvalue weighted by molar-refractivity contribution is 8.00. The molecule has 0 aliphatic rings. The largest absolute Gasteiger partial charge is 0.496 e. The van der Waals surface area contributed by atoms with E-state index in [4.69, 9.17) is 10.5 Å². The van der Waals surface area contributed by atoms with Gasteiger partial charge in [-0.1, -0.05) is 36.0 Å². The second-order valence-electron chi connectivity index (χ2n) is 4.59. The molecular weight excluding hydrogens is 300 g/mol.